The lowest BCUT2D eigenvalue weighted by Gasteiger charge is -2.06. The van der Waals surface area contributed by atoms with E-state index in [0.717, 1.165) is 11.8 Å². The van der Waals surface area contributed by atoms with Crippen molar-refractivity contribution in [2.75, 3.05) is 0 Å². The smallest absolute Gasteiger partial charge is 0.137 e. The lowest BCUT2D eigenvalue weighted by atomic mass is 10.1. The Hall–Kier alpha value is -0.930. The maximum Gasteiger partial charge on any atom is 0.137 e. The van der Waals surface area contributed by atoms with Crippen molar-refractivity contribution in [1.82, 2.24) is 3.53 Å². The summed E-state index contributed by atoms with van der Waals surface area (Å²) < 4.78 is 2.87. The van der Waals surface area contributed by atoms with Crippen LogP contribution in [0.5, 0.6) is 0 Å². The first kappa shape index (κ1) is 11.1. The summed E-state index contributed by atoms with van der Waals surface area (Å²) in [5, 5.41) is 8.58. The topological polar surface area (TPSA) is 52.9 Å². The van der Waals surface area contributed by atoms with E-state index in [1.165, 1.54) is 0 Å². The van der Waals surface area contributed by atoms with Crippen molar-refractivity contribution < 1.29 is 4.79 Å². The SMILES string of the molecule is N#Cc1ccc(C[C@@H](C=O)NI)cc1. The highest BCUT2D eigenvalue weighted by molar-refractivity contribution is 14.1. The molecule has 1 atom stereocenters. The number of nitrogens with one attached hydrogen (secondary N) is 1. The number of benzene rings is 1. The van der Waals surface area contributed by atoms with Crippen molar-refractivity contribution >= 4 is 29.2 Å². The van der Waals surface area contributed by atoms with Crippen LogP contribution in [0, 0.1) is 11.3 Å². The van der Waals surface area contributed by atoms with Crippen LogP contribution in [0.25, 0.3) is 0 Å². The van der Waals surface area contributed by atoms with Gasteiger partial charge in [-0.1, -0.05) is 12.1 Å². The Morgan fingerprint density at radius 2 is 2.14 bits per heavy atom. The lowest BCUT2D eigenvalue weighted by molar-refractivity contribution is -0.109. The number of hydrogen-bond donors (Lipinski definition) is 1. The quantitative estimate of drug-likeness (QED) is 0.522. The van der Waals surface area contributed by atoms with Gasteiger partial charge in [-0.05, 0) is 24.1 Å². The van der Waals surface area contributed by atoms with Crippen molar-refractivity contribution in [2.45, 2.75) is 12.5 Å². The van der Waals surface area contributed by atoms with Crippen LogP contribution in [-0.2, 0) is 11.2 Å². The molecular weight excluding hydrogens is 291 g/mol. The molecule has 0 spiro atoms. The van der Waals surface area contributed by atoms with E-state index in [1.54, 1.807) is 12.1 Å². The van der Waals surface area contributed by atoms with E-state index in [-0.39, 0.29) is 6.04 Å². The molecule has 0 aliphatic heterocycles. The molecule has 72 valence electrons. The molecule has 1 aromatic carbocycles. The van der Waals surface area contributed by atoms with Crippen LogP contribution in [0.3, 0.4) is 0 Å². The molecule has 1 N–H and O–H groups in total. The molecule has 0 amide bonds. The fourth-order valence-corrected chi connectivity index (χ4v) is 1.45. The molecule has 0 bridgehead atoms. The number of halogens is 1. The molecule has 0 unspecified atom stereocenters. The van der Waals surface area contributed by atoms with Gasteiger partial charge < -0.3 is 4.79 Å². The summed E-state index contributed by atoms with van der Waals surface area (Å²) >= 11 is 1.96. The van der Waals surface area contributed by atoms with E-state index in [9.17, 15) is 4.79 Å². The average molecular weight is 300 g/mol. The third-order valence-corrected chi connectivity index (χ3v) is 2.64. The van der Waals surface area contributed by atoms with Crippen LogP contribution < -0.4 is 3.53 Å². The van der Waals surface area contributed by atoms with Gasteiger partial charge in [0.05, 0.1) is 17.7 Å². The van der Waals surface area contributed by atoms with Crippen LogP contribution in [0.15, 0.2) is 24.3 Å². The highest BCUT2D eigenvalue weighted by atomic mass is 127. The summed E-state index contributed by atoms with van der Waals surface area (Å²) in [6, 6.07) is 9.12. The van der Waals surface area contributed by atoms with E-state index in [1.807, 2.05) is 41.1 Å². The maximum absolute atomic E-state index is 10.5. The van der Waals surface area contributed by atoms with Gasteiger partial charge in [0.15, 0.2) is 0 Å². The first-order valence-corrected chi connectivity index (χ1v) is 5.18. The summed E-state index contributed by atoms with van der Waals surface area (Å²) in [6.07, 6.45) is 1.53. The number of nitrogens with zero attached hydrogens (tertiary/aromatic N) is 1. The number of carbonyl (C=O) groups is 1. The fourth-order valence-electron chi connectivity index (χ4n) is 1.08. The number of rotatable bonds is 4. The molecular formula is C10H9IN2O. The van der Waals surface area contributed by atoms with Gasteiger partial charge in [-0.25, -0.2) is 0 Å². The molecule has 1 aromatic rings. The molecule has 0 aliphatic carbocycles. The minimum Gasteiger partial charge on any atom is -0.302 e. The third-order valence-electron chi connectivity index (χ3n) is 1.84. The fraction of sp³-hybridized carbons (Fsp3) is 0.200. The van der Waals surface area contributed by atoms with Crippen molar-refractivity contribution in [3.63, 3.8) is 0 Å². The van der Waals surface area contributed by atoms with Gasteiger partial charge in [-0.15, -0.1) is 0 Å². The Morgan fingerprint density at radius 3 is 2.57 bits per heavy atom. The molecule has 0 aliphatic rings. The van der Waals surface area contributed by atoms with Gasteiger partial charge in [0.2, 0.25) is 0 Å². The number of hydrogen-bond acceptors (Lipinski definition) is 3. The van der Waals surface area contributed by atoms with Gasteiger partial charge >= 0.3 is 0 Å². The summed E-state index contributed by atoms with van der Waals surface area (Å²) in [4.78, 5) is 10.5. The first-order valence-electron chi connectivity index (χ1n) is 4.10. The number of carbonyl (C=O) groups excluding carboxylic acids is 1. The Morgan fingerprint density at radius 1 is 1.50 bits per heavy atom. The molecule has 0 saturated carbocycles. The monoisotopic (exact) mass is 300 g/mol. The molecule has 0 fully saturated rings. The third kappa shape index (κ3) is 3.09. The highest BCUT2D eigenvalue weighted by Crippen LogP contribution is 2.06. The summed E-state index contributed by atoms with van der Waals surface area (Å²) in [7, 11) is 0. The van der Waals surface area contributed by atoms with Crippen molar-refractivity contribution in [2.24, 2.45) is 0 Å². The van der Waals surface area contributed by atoms with Crippen molar-refractivity contribution in [3.05, 3.63) is 35.4 Å². The van der Waals surface area contributed by atoms with E-state index >= 15 is 0 Å². The predicted octanol–water partition coefficient (Wildman–Crippen LogP) is 1.61. The van der Waals surface area contributed by atoms with E-state index < -0.39 is 0 Å². The molecule has 0 radical (unpaired) electrons. The Kier molecular flexibility index (Phi) is 4.56. The normalized spacial score (nSPS) is 11.7. The summed E-state index contributed by atoms with van der Waals surface area (Å²) in [5.74, 6) is 0. The molecule has 4 heteroatoms. The molecule has 0 heterocycles. The largest absolute Gasteiger partial charge is 0.302 e. The van der Waals surface area contributed by atoms with E-state index in [0.29, 0.717) is 12.0 Å². The zero-order chi connectivity index (χ0) is 10.4. The van der Waals surface area contributed by atoms with Crippen LogP contribution in [0.2, 0.25) is 0 Å². The average Bonchev–Trinajstić information content (AvgIpc) is 2.26. The molecule has 0 saturated heterocycles. The van der Waals surface area contributed by atoms with Gasteiger partial charge in [0.1, 0.15) is 6.29 Å². The number of nitriles is 1. The summed E-state index contributed by atoms with van der Waals surface area (Å²) in [6.45, 7) is 0. The number of aldehydes is 1. The van der Waals surface area contributed by atoms with Crippen LogP contribution in [0.4, 0.5) is 0 Å². The van der Waals surface area contributed by atoms with Gasteiger partial charge in [-0.3, -0.25) is 3.53 Å². The molecule has 3 nitrogen and oxygen atoms in total. The van der Waals surface area contributed by atoms with Gasteiger partial charge in [0, 0.05) is 22.9 Å². The first-order chi connectivity index (χ1) is 6.80. The highest BCUT2D eigenvalue weighted by Gasteiger charge is 2.05. The van der Waals surface area contributed by atoms with Crippen LogP contribution >= 0.6 is 22.9 Å². The second-order valence-corrected chi connectivity index (χ2v) is 3.49. The Bertz CT molecular complexity index is 342. The second-order valence-electron chi connectivity index (χ2n) is 2.86. The Labute approximate surface area is 96.6 Å². The molecule has 1 rings (SSSR count). The standard InChI is InChI=1S/C10H9IN2O/c11-13-10(7-14)5-8-1-3-9(6-12)4-2-8/h1-4,7,10,13H,5H2/t10-/m0/s1. The predicted molar refractivity (Wildman–Crippen MR) is 61.9 cm³/mol. The lowest BCUT2D eigenvalue weighted by Crippen LogP contribution is -2.24. The molecule has 0 aromatic heterocycles. The van der Waals surface area contributed by atoms with Crippen LogP contribution in [0.1, 0.15) is 11.1 Å². The van der Waals surface area contributed by atoms with Crippen molar-refractivity contribution in [3.8, 4) is 6.07 Å². The second kappa shape index (κ2) is 5.73. The zero-order valence-corrected chi connectivity index (χ0v) is 9.56. The van der Waals surface area contributed by atoms with Gasteiger partial charge in [-0.2, -0.15) is 5.26 Å². The molecule has 14 heavy (non-hydrogen) atoms. The van der Waals surface area contributed by atoms with Crippen molar-refractivity contribution in [1.29, 1.82) is 5.26 Å². The Balaban J connectivity index is 2.69. The zero-order valence-electron chi connectivity index (χ0n) is 7.40. The minimum atomic E-state index is -0.163. The van der Waals surface area contributed by atoms with E-state index in [2.05, 4.69) is 3.53 Å². The minimum absolute atomic E-state index is 0.163. The van der Waals surface area contributed by atoms with Gasteiger partial charge in [0.25, 0.3) is 0 Å². The van der Waals surface area contributed by atoms with Crippen LogP contribution in [-0.4, -0.2) is 12.3 Å². The maximum atomic E-state index is 10.5. The van der Waals surface area contributed by atoms with E-state index in [4.69, 9.17) is 5.26 Å². The summed E-state index contributed by atoms with van der Waals surface area (Å²) in [5.41, 5.74) is 1.68.